The highest BCUT2D eigenvalue weighted by molar-refractivity contribution is 5.83. The molecule has 0 aromatic rings. The molecule has 0 unspecified atom stereocenters. The summed E-state index contributed by atoms with van der Waals surface area (Å²) in [6, 6.07) is 0. The monoisotopic (exact) mass is 199 g/mol. The van der Waals surface area contributed by atoms with Crippen molar-refractivity contribution in [3.63, 3.8) is 0 Å². The number of rotatable bonds is 3. The van der Waals surface area contributed by atoms with Gasteiger partial charge in [-0.2, -0.15) is 0 Å². The van der Waals surface area contributed by atoms with Gasteiger partial charge in [0.1, 0.15) is 6.54 Å². The van der Waals surface area contributed by atoms with E-state index < -0.39 is 5.97 Å². The average Bonchev–Trinajstić information content (AvgIpc) is 2.15. The van der Waals surface area contributed by atoms with Crippen LogP contribution in [0.25, 0.3) is 0 Å². The van der Waals surface area contributed by atoms with Gasteiger partial charge in [-0.15, -0.1) is 0 Å². The van der Waals surface area contributed by atoms with E-state index in [1.54, 1.807) is 0 Å². The predicted octanol–water partition coefficient (Wildman–Crippen LogP) is 1.01. The van der Waals surface area contributed by atoms with Crippen LogP contribution in [0.3, 0.4) is 0 Å². The van der Waals surface area contributed by atoms with Crippen LogP contribution < -0.4 is 5.32 Å². The van der Waals surface area contributed by atoms with Crippen LogP contribution >= 0.6 is 0 Å². The molecule has 1 aliphatic rings. The normalized spacial score (nSPS) is 26.9. The Balaban J connectivity index is 2.38. The molecule has 0 bridgehead atoms. The lowest BCUT2D eigenvalue weighted by molar-refractivity contribution is -0.139. The van der Waals surface area contributed by atoms with Gasteiger partial charge in [0.25, 0.3) is 0 Å². The van der Waals surface area contributed by atoms with Crippen LogP contribution in [0.4, 0.5) is 0 Å². The molecule has 0 heterocycles. The van der Waals surface area contributed by atoms with E-state index >= 15 is 0 Å². The molecule has 1 fully saturated rings. The van der Waals surface area contributed by atoms with E-state index in [1.165, 1.54) is 6.42 Å². The zero-order chi connectivity index (χ0) is 10.6. The molecule has 0 radical (unpaired) electrons. The molecule has 0 aliphatic heterocycles. The summed E-state index contributed by atoms with van der Waals surface area (Å²) in [5.74, 6) is -0.679. The second-order valence-corrected chi connectivity index (χ2v) is 3.98. The van der Waals surface area contributed by atoms with Gasteiger partial charge in [-0.05, 0) is 18.8 Å². The van der Waals surface area contributed by atoms with Gasteiger partial charge in [0.05, 0.1) is 0 Å². The summed E-state index contributed by atoms with van der Waals surface area (Å²) >= 11 is 0. The molecular formula is C10H17NO3. The summed E-state index contributed by atoms with van der Waals surface area (Å²) in [5.41, 5.74) is 0. The largest absolute Gasteiger partial charge is 0.480 e. The number of aliphatic carboxylic acids is 1. The van der Waals surface area contributed by atoms with Crippen molar-refractivity contribution < 1.29 is 14.7 Å². The second-order valence-electron chi connectivity index (χ2n) is 3.98. The summed E-state index contributed by atoms with van der Waals surface area (Å²) in [6.45, 7) is 1.80. The Morgan fingerprint density at radius 3 is 2.57 bits per heavy atom. The molecular weight excluding hydrogens is 182 g/mol. The summed E-state index contributed by atoms with van der Waals surface area (Å²) in [7, 11) is 0. The molecule has 0 aromatic carbocycles. The Labute approximate surface area is 83.7 Å². The third-order valence-electron chi connectivity index (χ3n) is 2.86. The van der Waals surface area contributed by atoms with Gasteiger partial charge in [-0.1, -0.05) is 19.8 Å². The molecule has 1 aliphatic carbocycles. The van der Waals surface area contributed by atoms with Gasteiger partial charge in [0.15, 0.2) is 0 Å². The molecule has 2 atom stereocenters. The van der Waals surface area contributed by atoms with Crippen molar-refractivity contribution in [2.45, 2.75) is 32.6 Å². The van der Waals surface area contributed by atoms with Crippen molar-refractivity contribution >= 4 is 11.9 Å². The fraction of sp³-hybridized carbons (Fsp3) is 0.800. The smallest absolute Gasteiger partial charge is 0.322 e. The lowest BCUT2D eigenvalue weighted by Crippen LogP contribution is -2.38. The quantitative estimate of drug-likeness (QED) is 0.713. The Bertz CT molecular complexity index is 227. The number of hydrogen-bond acceptors (Lipinski definition) is 2. The lowest BCUT2D eigenvalue weighted by Gasteiger charge is -2.27. The Morgan fingerprint density at radius 2 is 2.00 bits per heavy atom. The van der Waals surface area contributed by atoms with E-state index in [1.807, 2.05) is 0 Å². The van der Waals surface area contributed by atoms with Crippen molar-refractivity contribution in [3.8, 4) is 0 Å². The number of hydrogen-bond donors (Lipinski definition) is 2. The van der Waals surface area contributed by atoms with Gasteiger partial charge in [-0.3, -0.25) is 9.59 Å². The van der Waals surface area contributed by atoms with Crippen LogP contribution in [0.2, 0.25) is 0 Å². The molecule has 14 heavy (non-hydrogen) atoms. The minimum atomic E-state index is -0.984. The molecule has 1 rings (SSSR count). The van der Waals surface area contributed by atoms with E-state index in [9.17, 15) is 9.59 Å². The number of carboxylic acids is 1. The highest BCUT2D eigenvalue weighted by Crippen LogP contribution is 2.29. The third-order valence-corrected chi connectivity index (χ3v) is 2.86. The van der Waals surface area contributed by atoms with Crippen LogP contribution in [0.15, 0.2) is 0 Å². The van der Waals surface area contributed by atoms with Crippen LogP contribution in [0, 0.1) is 11.8 Å². The minimum Gasteiger partial charge on any atom is -0.480 e. The maximum Gasteiger partial charge on any atom is 0.322 e. The number of nitrogens with one attached hydrogen (secondary N) is 1. The van der Waals surface area contributed by atoms with Crippen molar-refractivity contribution in [1.29, 1.82) is 0 Å². The van der Waals surface area contributed by atoms with Crippen molar-refractivity contribution in [3.05, 3.63) is 0 Å². The van der Waals surface area contributed by atoms with Gasteiger partial charge < -0.3 is 10.4 Å². The summed E-state index contributed by atoms with van der Waals surface area (Å²) in [6.07, 6.45) is 4.23. The van der Waals surface area contributed by atoms with E-state index in [0.717, 1.165) is 19.3 Å². The number of amides is 1. The Hall–Kier alpha value is -1.06. The van der Waals surface area contributed by atoms with Crippen molar-refractivity contribution in [1.82, 2.24) is 5.32 Å². The number of carbonyl (C=O) groups is 2. The maximum absolute atomic E-state index is 11.5. The van der Waals surface area contributed by atoms with Crippen molar-refractivity contribution in [2.75, 3.05) is 6.54 Å². The molecule has 2 N–H and O–H groups in total. The average molecular weight is 199 g/mol. The topological polar surface area (TPSA) is 66.4 Å². The fourth-order valence-corrected chi connectivity index (χ4v) is 2.00. The molecule has 0 aromatic heterocycles. The molecule has 4 nitrogen and oxygen atoms in total. The molecule has 4 heteroatoms. The van der Waals surface area contributed by atoms with Crippen LogP contribution in [0.5, 0.6) is 0 Å². The van der Waals surface area contributed by atoms with E-state index in [-0.39, 0.29) is 18.4 Å². The third kappa shape index (κ3) is 3.01. The number of carboxylic acid groups (broad SMARTS) is 1. The van der Waals surface area contributed by atoms with Gasteiger partial charge in [0.2, 0.25) is 5.91 Å². The Morgan fingerprint density at radius 1 is 1.36 bits per heavy atom. The highest BCUT2D eigenvalue weighted by Gasteiger charge is 2.27. The van der Waals surface area contributed by atoms with E-state index in [2.05, 4.69) is 12.2 Å². The van der Waals surface area contributed by atoms with E-state index in [4.69, 9.17) is 5.11 Å². The van der Waals surface area contributed by atoms with Crippen LogP contribution in [-0.4, -0.2) is 23.5 Å². The van der Waals surface area contributed by atoms with Gasteiger partial charge >= 0.3 is 5.97 Å². The first-order chi connectivity index (χ1) is 6.61. The van der Waals surface area contributed by atoms with Crippen molar-refractivity contribution in [2.24, 2.45) is 11.8 Å². The first kappa shape index (κ1) is 11.0. The van der Waals surface area contributed by atoms with Crippen LogP contribution in [0.1, 0.15) is 32.6 Å². The first-order valence-corrected chi connectivity index (χ1v) is 5.10. The van der Waals surface area contributed by atoms with Crippen LogP contribution in [-0.2, 0) is 9.59 Å². The SMILES string of the molecule is C[C@H]1CCCC[C@@H]1C(=O)NCC(=O)O. The summed E-state index contributed by atoms with van der Waals surface area (Å²) < 4.78 is 0. The standard InChI is InChI=1S/C10H17NO3/c1-7-4-2-3-5-8(7)10(14)11-6-9(12)13/h7-8H,2-6H2,1H3,(H,11,14)(H,12,13)/t7-,8-/m0/s1. The molecule has 1 saturated carbocycles. The number of carbonyl (C=O) groups excluding carboxylic acids is 1. The fourth-order valence-electron chi connectivity index (χ4n) is 2.00. The van der Waals surface area contributed by atoms with E-state index in [0.29, 0.717) is 5.92 Å². The molecule has 1 amide bonds. The zero-order valence-corrected chi connectivity index (χ0v) is 8.45. The molecule has 0 spiro atoms. The Kier molecular flexibility index (Phi) is 3.92. The maximum atomic E-state index is 11.5. The highest BCUT2D eigenvalue weighted by atomic mass is 16.4. The molecule has 0 saturated heterocycles. The predicted molar refractivity (Wildman–Crippen MR) is 51.8 cm³/mol. The van der Waals surface area contributed by atoms with Gasteiger partial charge in [-0.25, -0.2) is 0 Å². The van der Waals surface area contributed by atoms with Gasteiger partial charge in [0, 0.05) is 5.92 Å². The first-order valence-electron chi connectivity index (χ1n) is 5.10. The molecule has 80 valence electrons. The lowest BCUT2D eigenvalue weighted by atomic mass is 9.80. The second kappa shape index (κ2) is 4.98. The summed E-state index contributed by atoms with van der Waals surface area (Å²) in [5, 5.41) is 10.9. The summed E-state index contributed by atoms with van der Waals surface area (Å²) in [4.78, 5) is 21.8. The minimum absolute atomic E-state index is 0.0168. The zero-order valence-electron chi connectivity index (χ0n) is 8.45.